The zero-order valence-corrected chi connectivity index (χ0v) is 16.9. The molecular weight excluding hydrogens is 378 g/mol. The molecular formula is C21H23NO5S. The largest absolute Gasteiger partial charge is 0.507 e. The van der Waals surface area contributed by atoms with Crippen molar-refractivity contribution in [2.45, 2.75) is 37.8 Å². The Kier molecular flexibility index (Phi) is 5.32. The van der Waals surface area contributed by atoms with Crippen LogP contribution in [-0.2, 0) is 32.5 Å². The summed E-state index contributed by atoms with van der Waals surface area (Å²) in [6, 6.07) is 9.04. The minimum atomic E-state index is -3.94. The Morgan fingerprint density at radius 2 is 1.89 bits per heavy atom. The molecule has 0 radical (unpaired) electrons. The van der Waals surface area contributed by atoms with E-state index in [4.69, 9.17) is 4.74 Å². The molecule has 0 aromatic heterocycles. The number of phenolic OH excluding ortho intramolecular Hbond substituents is 1. The third-order valence-electron chi connectivity index (χ3n) is 5.09. The summed E-state index contributed by atoms with van der Waals surface area (Å²) < 4.78 is 32.7. The molecule has 0 spiro atoms. The lowest BCUT2D eigenvalue weighted by Crippen LogP contribution is -2.32. The number of methoxy groups -OCH3 is 1. The highest BCUT2D eigenvalue weighted by molar-refractivity contribution is 7.89. The zero-order chi connectivity index (χ0) is 20.6. The Morgan fingerprint density at radius 1 is 1.25 bits per heavy atom. The molecule has 0 saturated heterocycles. The third-order valence-corrected chi connectivity index (χ3v) is 6.91. The van der Waals surface area contributed by atoms with Crippen molar-refractivity contribution in [1.29, 1.82) is 0 Å². The fraction of sp³-hybridized carbons (Fsp3) is 0.286. The van der Waals surface area contributed by atoms with Gasteiger partial charge in [-0.25, -0.2) is 13.2 Å². The molecule has 0 aliphatic carbocycles. The van der Waals surface area contributed by atoms with Gasteiger partial charge < -0.3 is 9.84 Å². The Balaban J connectivity index is 2.16. The normalized spacial score (nSPS) is 16.6. The van der Waals surface area contributed by atoms with Crippen molar-refractivity contribution < 1.29 is 23.1 Å². The molecule has 7 heteroatoms. The number of carbonyl (C=O) groups is 1. The van der Waals surface area contributed by atoms with E-state index in [0.717, 1.165) is 11.1 Å². The van der Waals surface area contributed by atoms with Crippen molar-refractivity contribution in [3.05, 3.63) is 70.8 Å². The van der Waals surface area contributed by atoms with Gasteiger partial charge in [0.15, 0.2) is 0 Å². The SMILES string of the molecule is C=C(C(=O)OC)C1c2ccc(CC)c(O)c2CN1S(=O)(=O)c1ccc(C)cc1. The standard InChI is InChI=1S/C21H23NO5S/c1-5-15-8-11-17-18(20(15)23)12-22(19(17)14(3)21(24)27-4)28(25,26)16-9-6-13(2)7-10-16/h6-11,19,23H,3,5,12H2,1-2,4H3. The number of nitrogens with zero attached hydrogens (tertiary/aromatic N) is 1. The van der Waals surface area contributed by atoms with E-state index in [-0.39, 0.29) is 22.8 Å². The summed E-state index contributed by atoms with van der Waals surface area (Å²) in [6.45, 7) is 7.51. The smallest absolute Gasteiger partial charge is 0.335 e. The van der Waals surface area contributed by atoms with E-state index >= 15 is 0 Å². The molecule has 1 aliphatic heterocycles. The lowest BCUT2D eigenvalue weighted by Gasteiger charge is -2.25. The molecule has 1 heterocycles. The van der Waals surface area contributed by atoms with Crippen LogP contribution in [-0.4, -0.2) is 30.9 Å². The van der Waals surface area contributed by atoms with Crippen molar-refractivity contribution >= 4 is 16.0 Å². The monoisotopic (exact) mass is 401 g/mol. The fourth-order valence-electron chi connectivity index (χ4n) is 3.48. The number of aromatic hydroxyl groups is 1. The average molecular weight is 401 g/mol. The molecule has 6 nitrogen and oxygen atoms in total. The molecule has 28 heavy (non-hydrogen) atoms. The molecule has 1 atom stereocenters. The summed E-state index contributed by atoms with van der Waals surface area (Å²) in [6.07, 6.45) is 0.604. The predicted molar refractivity (Wildman–Crippen MR) is 105 cm³/mol. The molecule has 2 aromatic carbocycles. The Hall–Kier alpha value is -2.64. The number of benzene rings is 2. The van der Waals surface area contributed by atoms with Crippen LogP contribution >= 0.6 is 0 Å². The Morgan fingerprint density at radius 3 is 2.46 bits per heavy atom. The molecule has 1 aliphatic rings. The average Bonchev–Trinajstić information content (AvgIpc) is 3.08. The van der Waals surface area contributed by atoms with Crippen LogP contribution in [0.3, 0.4) is 0 Å². The topological polar surface area (TPSA) is 83.9 Å². The molecule has 2 aromatic rings. The van der Waals surface area contributed by atoms with Gasteiger partial charge in [-0.05, 0) is 36.6 Å². The highest BCUT2D eigenvalue weighted by atomic mass is 32.2. The lowest BCUT2D eigenvalue weighted by atomic mass is 9.96. The van der Waals surface area contributed by atoms with Crippen molar-refractivity contribution in [3.8, 4) is 5.75 Å². The Labute approximate surface area is 165 Å². The summed E-state index contributed by atoms with van der Waals surface area (Å²) in [5, 5.41) is 10.6. The van der Waals surface area contributed by atoms with Crippen LogP contribution in [0.4, 0.5) is 0 Å². The van der Waals surface area contributed by atoms with Crippen LogP contribution < -0.4 is 0 Å². The van der Waals surface area contributed by atoms with E-state index in [1.807, 2.05) is 13.8 Å². The summed E-state index contributed by atoms with van der Waals surface area (Å²) in [7, 11) is -2.72. The summed E-state index contributed by atoms with van der Waals surface area (Å²) in [5.41, 5.74) is 2.69. The van der Waals surface area contributed by atoms with E-state index in [9.17, 15) is 18.3 Å². The van der Waals surface area contributed by atoms with Crippen LogP contribution in [0.2, 0.25) is 0 Å². The maximum absolute atomic E-state index is 13.4. The van der Waals surface area contributed by atoms with Crippen molar-refractivity contribution in [3.63, 3.8) is 0 Å². The summed E-state index contributed by atoms with van der Waals surface area (Å²) in [4.78, 5) is 12.3. The number of esters is 1. The molecule has 1 unspecified atom stereocenters. The lowest BCUT2D eigenvalue weighted by molar-refractivity contribution is -0.136. The van der Waals surface area contributed by atoms with E-state index in [1.54, 1.807) is 24.3 Å². The minimum Gasteiger partial charge on any atom is -0.507 e. The van der Waals surface area contributed by atoms with E-state index in [0.29, 0.717) is 17.5 Å². The third kappa shape index (κ3) is 3.21. The van der Waals surface area contributed by atoms with Gasteiger partial charge >= 0.3 is 5.97 Å². The molecule has 3 rings (SSSR count). The number of rotatable bonds is 5. The molecule has 0 bridgehead atoms. The van der Waals surface area contributed by atoms with Gasteiger partial charge in [-0.3, -0.25) is 0 Å². The predicted octanol–water partition coefficient (Wildman–Crippen LogP) is 3.24. The maximum atomic E-state index is 13.4. The van der Waals surface area contributed by atoms with Gasteiger partial charge in [0.25, 0.3) is 0 Å². The van der Waals surface area contributed by atoms with Crippen molar-refractivity contribution in [1.82, 2.24) is 4.31 Å². The Bertz CT molecular complexity index is 1040. The van der Waals surface area contributed by atoms with Gasteiger partial charge in [-0.15, -0.1) is 0 Å². The van der Waals surface area contributed by atoms with Gasteiger partial charge in [0.05, 0.1) is 23.6 Å². The molecule has 0 amide bonds. The van der Waals surface area contributed by atoms with Crippen LogP contribution in [0, 0.1) is 6.92 Å². The molecule has 148 valence electrons. The number of hydrogen-bond acceptors (Lipinski definition) is 5. The highest BCUT2D eigenvalue weighted by Crippen LogP contribution is 2.46. The van der Waals surface area contributed by atoms with Crippen LogP contribution in [0.15, 0.2) is 53.4 Å². The minimum absolute atomic E-state index is 0.000542. The number of fused-ring (bicyclic) bond motifs is 1. The number of hydrogen-bond donors (Lipinski definition) is 1. The second kappa shape index (κ2) is 7.41. The second-order valence-electron chi connectivity index (χ2n) is 6.78. The quantitative estimate of drug-likeness (QED) is 0.614. The number of carbonyl (C=O) groups excluding carboxylic acids is 1. The first-order valence-electron chi connectivity index (χ1n) is 8.91. The van der Waals surface area contributed by atoms with Crippen molar-refractivity contribution in [2.24, 2.45) is 0 Å². The molecule has 1 N–H and O–H groups in total. The summed E-state index contributed by atoms with van der Waals surface area (Å²) in [5.74, 6) is -0.634. The van der Waals surface area contributed by atoms with Crippen molar-refractivity contribution in [2.75, 3.05) is 7.11 Å². The van der Waals surface area contributed by atoms with E-state index in [1.165, 1.54) is 23.5 Å². The number of ether oxygens (including phenoxy) is 1. The van der Waals surface area contributed by atoms with Gasteiger partial charge in [-0.2, -0.15) is 4.31 Å². The van der Waals surface area contributed by atoms with Crippen LogP contribution in [0.5, 0.6) is 5.75 Å². The fourth-order valence-corrected chi connectivity index (χ4v) is 5.05. The highest BCUT2D eigenvalue weighted by Gasteiger charge is 2.43. The van der Waals surface area contributed by atoms with Gasteiger partial charge in [0.1, 0.15) is 5.75 Å². The summed E-state index contributed by atoms with van der Waals surface area (Å²) >= 11 is 0. The molecule has 0 fully saturated rings. The molecule has 0 saturated carbocycles. The first-order valence-corrected chi connectivity index (χ1v) is 10.4. The number of phenols is 1. The van der Waals surface area contributed by atoms with E-state index in [2.05, 4.69) is 6.58 Å². The number of sulfonamides is 1. The zero-order valence-electron chi connectivity index (χ0n) is 16.1. The van der Waals surface area contributed by atoms with Gasteiger partial charge in [-0.1, -0.05) is 43.3 Å². The maximum Gasteiger partial charge on any atom is 0.335 e. The van der Waals surface area contributed by atoms with E-state index < -0.39 is 22.0 Å². The first kappa shape index (κ1) is 20.1. The van der Waals surface area contributed by atoms with Crippen LogP contribution in [0.25, 0.3) is 0 Å². The van der Waals surface area contributed by atoms with Gasteiger partial charge in [0.2, 0.25) is 10.0 Å². The van der Waals surface area contributed by atoms with Gasteiger partial charge in [0, 0.05) is 12.1 Å². The van der Waals surface area contributed by atoms with Crippen LogP contribution in [0.1, 0.15) is 35.2 Å². The first-order chi connectivity index (χ1) is 13.2. The second-order valence-corrected chi connectivity index (χ2v) is 8.67. The number of aryl methyl sites for hydroxylation is 2.